The van der Waals surface area contributed by atoms with Gasteiger partial charge in [-0.15, -0.1) is 0 Å². The van der Waals surface area contributed by atoms with Crippen molar-refractivity contribution in [1.29, 1.82) is 0 Å². The van der Waals surface area contributed by atoms with Crippen LogP contribution < -0.4 is 5.32 Å². The molecule has 1 fully saturated rings. The van der Waals surface area contributed by atoms with E-state index < -0.39 is 9.84 Å². The molecule has 1 heterocycles. The number of unbranched alkanes of at least 4 members (excludes halogenated alkanes) is 1. The molecule has 0 spiro atoms. The minimum absolute atomic E-state index is 0.102. The molecule has 0 aromatic rings. The van der Waals surface area contributed by atoms with Crippen LogP contribution in [-0.2, 0) is 19.4 Å². The van der Waals surface area contributed by atoms with Crippen molar-refractivity contribution >= 4 is 15.8 Å². The molecule has 0 radical (unpaired) electrons. The Morgan fingerprint density at radius 1 is 1.40 bits per heavy atom. The zero-order valence-electron chi connectivity index (χ0n) is 12.6. The van der Waals surface area contributed by atoms with E-state index in [-0.39, 0.29) is 30.1 Å². The smallest absolute Gasteiger partial charge is 0.319 e. The van der Waals surface area contributed by atoms with Crippen LogP contribution in [-0.4, -0.2) is 45.1 Å². The van der Waals surface area contributed by atoms with Gasteiger partial charge in [0.25, 0.3) is 0 Å². The van der Waals surface area contributed by atoms with Crippen molar-refractivity contribution < 1.29 is 17.9 Å². The molecule has 20 heavy (non-hydrogen) atoms. The largest absolute Gasteiger partial charge is 0.464 e. The summed E-state index contributed by atoms with van der Waals surface area (Å²) in [6, 6.07) is -0.102. The number of sulfone groups is 1. The Balaban J connectivity index is 2.17. The summed E-state index contributed by atoms with van der Waals surface area (Å²) >= 11 is 0. The number of ether oxygens (including phenoxy) is 1. The Morgan fingerprint density at radius 3 is 2.70 bits per heavy atom. The summed E-state index contributed by atoms with van der Waals surface area (Å²) in [5, 5.41) is 2.97. The van der Waals surface area contributed by atoms with E-state index in [0.717, 1.165) is 25.7 Å². The Bertz CT molecular complexity index is 394. The molecule has 1 N–H and O–H groups in total. The van der Waals surface area contributed by atoms with E-state index in [1.807, 2.05) is 0 Å². The van der Waals surface area contributed by atoms with Crippen LogP contribution in [0.3, 0.4) is 0 Å². The van der Waals surface area contributed by atoms with E-state index in [1.165, 1.54) is 0 Å². The van der Waals surface area contributed by atoms with Crippen LogP contribution in [0.15, 0.2) is 0 Å². The molecule has 0 bridgehead atoms. The predicted molar refractivity (Wildman–Crippen MR) is 79.3 cm³/mol. The maximum Gasteiger partial charge on any atom is 0.319 e. The number of carbonyl (C=O) groups excluding carboxylic acids is 1. The van der Waals surface area contributed by atoms with Crippen LogP contribution in [0.4, 0.5) is 0 Å². The van der Waals surface area contributed by atoms with Gasteiger partial charge in [-0.05, 0) is 18.8 Å². The van der Waals surface area contributed by atoms with Gasteiger partial charge in [-0.2, -0.15) is 0 Å². The molecule has 0 aliphatic carbocycles. The number of esters is 1. The van der Waals surface area contributed by atoms with Crippen LogP contribution in [0.2, 0.25) is 0 Å². The van der Waals surface area contributed by atoms with Gasteiger partial charge in [0, 0.05) is 6.04 Å². The number of hydrogen-bond acceptors (Lipinski definition) is 5. The van der Waals surface area contributed by atoms with Gasteiger partial charge in [0.05, 0.1) is 24.7 Å². The van der Waals surface area contributed by atoms with Crippen molar-refractivity contribution in [2.45, 2.75) is 52.0 Å². The Hall–Kier alpha value is -0.620. The maximum atomic E-state index is 11.6. The average molecular weight is 305 g/mol. The summed E-state index contributed by atoms with van der Waals surface area (Å²) in [5.41, 5.74) is 0. The van der Waals surface area contributed by atoms with Gasteiger partial charge in [0.2, 0.25) is 0 Å². The third kappa shape index (κ3) is 6.70. The third-order valence-electron chi connectivity index (χ3n) is 3.79. The lowest BCUT2D eigenvalue weighted by Gasteiger charge is -2.15. The molecule has 1 rings (SSSR count). The standard InChI is InChI=1S/C14H27NO4S/c1-3-5-6-12(4-2)10-19-14(16)9-15-13-7-8-20(17,18)11-13/h12-13,15H,3-11H2,1-2H3. The number of carbonyl (C=O) groups is 1. The second-order valence-corrected chi connectivity index (χ2v) is 7.81. The highest BCUT2D eigenvalue weighted by Crippen LogP contribution is 2.13. The van der Waals surface area contributed by atoms with E-state index in [2.05, 4.69) is 19.2 Å². The Kier molecular flexibility index (Phi) is 7.51. The van der Waals surface area contributed by atoms with Crippen molar-refractivity contribution in [2.75, 3.05) is 24.7 Å². The first-order chi connectivity index (χ1) is 9.46. The molecule has 0 aromatic heterocycles. The lowest BCUT2D eigenvalue weighted by atomic mass is 10.0. The molecule has 1 saturated heterocycles. The van der Waals surface area contributed by atoms with Crippen LogP contribution in [0, 0.1) is 5.92 Å². The van der Waals surface area contributed by atoms with E-state index in [9.17, 15) is 13.2 Å². The normalized spacial score (nSPS) is 22.6. The van der Waals surface area contributed by atoms with Gasteiger partial charge in [-0.25, -0.2) is 8.42 Å². The molecule has 0 saturated carbocycles. The van der Waals surface area contributed by atoms with Crippen molar-refractivity contribution in [3.8, 4) is 0 Å². The molecule has 118 valence electrons. The Morgan fingerprint density at radius 2 is 2.15 bits per heavy atom. The molecule has 1 aliphatic heterocycles. The summed E-state index contributed by atoms with van der Waals surface area (Å²) in [4.78, 5) is 11.6. The SMILES string of the molecule is CCCCC(CC)COC(=O)CNC1CCS(=O)(=O)C1. The third-order valence-corrected chi connectivity index (χ3v) is 5.56. The summed E-state index contributed by atoms with van der Waals surface area (Å²) < 4.78 is 27.8. The molecule has 5 nitrogen and oxygen atoms in total. The van der Waals surface area contributed by atoms with Gasteiger partial charge in [0.15, 0.2) is 9.84 Å². The highest BCUT2D eigenvalue weighted by atomic mass is 32.2. The van der Waals surface area contributed by atoms with Gasteiger partial charge in [-0.3, -0.25) is 4.79 Å². The van der Waals surface area contributed by atoms with E-state index in [1.54, 1.807) is 0 Å². The lowest BCUT2D eigenvalue weighted by molar-refractivity contribution is -0.144. The second kappa shape index (κ2) is 8.62. The highest BCUT2D eigenvalue weighted by molar-refractivity contribution is 7.91. The summed E-state index contributed by atoms with van der Waals surface area (Å²) in [5.74, 6) is 0.498. The molecule has 1 aliphatic rings. The van der Waals surface area contributed by atoms with Gasteiger partial charge < -0.3 is 10.1 Å². The van der Waals surface area contributed by atoms with Crippen LogP contribution in [0.1, 0.15) is 46.0 Å². The first-order valence-electron chi connectivity index (χ1n) is 7.56. The van der Waals surface area contributed by atoms with E-state index in [4.69, 9.17) is 4.74 Å². The molecular weight excluding hydrogens is 278 g/mol. The van der Waals surface area contributed by atoms with Crippen molar-refractivity contribution in [3.05, 3.63) is 0 Å². The van der Waals surface area contributed by atoms with Crippen LogP contribution >= 0.6 is 0 Å². The zero-order valence-corrected chi connectivity index (χ0v) is 13.4. The summed E-state index contributed by atoms with van der Waals surface area (Å²) in [7, 11) is -2.90. The minimum Gasteiger partial charge on any atom is -0.464 e. The minimum atomic E-state index is -2.90. The number of rotatable bonds is 9. The molecular formula is C14H27NO4S. The highest BCUT2D eigenvalue weighted by Gasteiger charge is 2.27. The predicted octanol–water partition coefficient (Wildman–Crippen LogP) is 1.52. The number of nitrogens with one attached hydrogen (secondary N) is 1. The van der Waals surface area contributed by atoms with Crippen molar-refractivity contribution in [2.24, 2.45) is 5.92 Å². The monoisotopic (exact) mass is 305 g/mol. The fourth-order valence-electron chi connectivity index (χ4n) is 2.34. The van der Waals surface area contributed by atoms with Crippen LogP contribution in [0.25, 0.3) is 0 Å². The summed E-state index contributed by atoms with van der Waals surface area (Å²) in [6.45, 7) is 4.83. The summed E-state index contributed by atoms with van der Waals surface area (Å²) in [6.07, 6.45) is 5.01. The fourth-order valence-corrected chi connectivity index (χ4v) is 4.05. The van der Waals surface area contributed by atoms with Crippen molar-refractivity contribution in [1.82, 2.24) is 5.32 Å². The molecule has 0 amide bonds. The average Bonchev–Trinajstić information content (AvgIpc) is 2.76. The van der Waals surface area contributed by atoms with Crippen molar-refractivity contribution in [3.63, 3.8) is 0 Å². The molecule has 2 atom stereocenters. The van der Waals surface area contributed by atoms with Crippen LogP contribution in [0.5, 0.6) is 0 Å². The number of hydrogen-bond donors (Lipinski definition) is 1. The first-order valence-corrected chi connectivity index (χ1v) is 9.38. The molecule has 2 unspecified atom stereocenters. The fraction of sp³-hybridized carbons (Fsp3) is 0.929. The topological polar surface area (TPSA) is 72.5 Å². The quantitative estimate of drug-likeness (QED) is 0.654. The molecule has 0 aromatic carbocycles. The molecule has 6 heteroatoms. The van der Waals surface area contributed by atoms with E-state index >= 15 is 0 Å². The Labute approximate surface area is 122 Å². The van der Waals surface area contributed by atoms with Gasteiger partial charge in [-0.1, -0.05) is 33.1 Å². The second-order valence-electron chi connectivity index (χ2n) is 5.58. The van der Waals surface area contributed by atoms with Gasteiger partial charge >= 0.3 is 5.97 Å². The lowest BCUT2D eigenvalue weighted by Crippen LogP contribution is -2.35. The maximum absolute atomic E-state index is 11.6. The van der Waals surface area contributed by atoms with E-state index in [0.29, 0.717) is 18.9 Å². The first kappa shape index (κ1) is 17.4. The van der Waals surface area contributed by atoms with Gasteiger partial charge in [0.1, 0.15) is 0 Å². The zero-order chi connectivity index (χ0) is 15.0.